The summed E-state index contributed by atoms with van der Waals surface area (Å²) in [7, 11) is 1.50. The first kappa shape index (κ1) is 27.9. The highest BCUT2D eigenvalue weighted by Crippen LogP contribution is 2.71. The molecule has 2 heterocycles. The van der Waals surface area contributed by atoms with E-state index in [2.05, 4.69) is 6.92 Å². The van der Waals surface area contributed by atoms with Gasteiger partial charge in [-0.05, 0) is 61.1 Å². The number of allylic oxidation sites excluding steroid dienone is 2. The van der Waals surface area contributed by atoms with Gasteiger partial charge in [0.2, 0.25) is 0 Å². The third kappa shape index (κ3) is 3.49. The molecule has 3 fully saturated rings. The van der Waals surface area contributed by atoms with Crippen LogP contribution in [0.3, 0.4) is 0 Å². The maximum atomic E-state index is 14.0. The molecule has 0 unspecified atom stereocenters. The number of carbonyl (C=O) groups is 2. The molecule has 0 radical (unpaired) electrons. The van der Waals surface area contributed by atoms with Crippen molar-refractivity contribution in [3.05, 3.63) is 62.9 Å². The fraction of sp³-hybridized carbons (Fsp3) is 0.613. The van der Waals surface area contributed by atoms with Gasteiger partial charge in [0.1, 0.15) is 17.8 Å². The minimum Gasteiger partial charge on any atom is -0.462 e. The summed E-state index contributed by atoms with van der Waals surface area (Å²) in [6.45, 7) is 7.78. The van der Waals surface area contributed by atoms with Gasteiger partial charge in [-0.25, -0.2) is 23.5 Å². The van der Waals surface area contributed by atoms with Gasteiger partial charge in [-0.15, -0.1) is 0 Å². The van der Waals surface area contributed by atoms with Crippen molar-refractivity contribution in [3.8, 4) is 5.69 Å². The molecule has 10 heteroatoms. The molecule has 0 spiro atoms. The molecular weight excluding hydrogens is 526 g/mol. The number of benzene rings is 1. The summed E-state index contributed by atoms with van der Waals surface area (Å²) in [4.78, 5) is 53.3. The normalized spacial score (nSPS) is 38.0. The molecule has 0 saturated heterocycles. The number of Topliss-reactive ketones (excluding diaryl/α,β-unsaturated/α-hetero) is 1. The molecule has 41 heavy (non-hydrogen) atoms. The lowest BCUT2D eigenvalue weighted by Crippen LogP contribution is -2.69. The highest BCUT2D eigenvalue weighted by molar-refractivity contribution is 5.96. The predicted molar refractivity (Wildman–Crippen MR) is 150 cm³/mol. The maximum absolute atomic E-state index is 14.0. The number of hydrogen-bond donors (Lipinski definition) is 1. The molecular formula is C31H39N3O7. The van der Waals surface area contributed by atoms with E-state index in [-0.39, 0.29) is 36.6 Å². The molecule has 6 rings (SSSR count). The number of ketones is 1. The molecule has 220 valence electrons. The zero-order valence-corrected chi connectivity index (χ0v) is 24.3. The predicted octanol–water partition coefficient (Wildman–Crippen LogP) is 2.47. The van der Waals surface area contributed by atoms with Crippen molar-refractivity contribution in [2.75, 3.05) is 7.11 Å². The average molecular weight is 566 g/mol. The van der Waals surface area contributed by atoms with E-state index in [0.717, 1.165) is 12.0 Å². The van der Waals surface area contributed by atoms with Crippen LogP contribution < -0.4 is 11.4 Å². The number of fused-ring (bicyclic) bond motifs is 1. The summed E-state index contributed by atoms with van der Waals surface area (Å²) in [6, 6.07) is 8.85. The van der Waals surface area contributed by atoms with Crippen LogP contribution in [0.15, 0.2) is 51.6 Å². The molecule has 0 amide bonds. The molecule has 1 aromatic heterocycles. The van der Waals surface area contributed by atoms with Gasteiger partial charge in [0.25, 0.3) is 0 Å². The molecule has 8 atom stereocenters. The quantitative estimate of drug-likeness (QED) is 0.447. The fourth-order valence-electron chi connectivity index (χ4n) is 9.01. The van der Waals surface area contributed by atoms with Crippen molar-refractivity contribution in [3.63, 3.8) is 0 Å². The number of rotatable bonds is 4. The third-order valence-electron chi connectivity index (χ3n) is 11.4. The number of nitrogens with zero attached hydrogens (tertiary/aromatic N) is 3. The molecule has 2 aromatic rings. The minimum atomic E-state index is -1.75. The van der Waals surface area contributed by atoms with E-state index in [1.54, 1.807) is 24.3 Å². The van der Waals surface area contributed by atoms with Gasteiger partial charge < -0.3 is 14.6 Å². The molecule has 3 aliphatic carbocycles. The number of hydrogen-bond acceptors (Lipinski definition) is 7. The topological polar surface area (TPSA) is 122 Å². The number of aromatic nitrogens is 3. The van der Waals surface area contributed by atoms with Gasteiger partial charge >= 0.3 is 17.3 Å². The Morgan fingerprint density at radius 3 is 2.41 bits per heavy atom. The fourth-order valence-corrected chi connectivity index (χ4v) is 9.01. The standard InChI is InChI=1S/C31H39N3O7/c1-18-11-13-30-16-24(40-5)26(36)31(30,39)29(18,4)25(41-20(3)35)15-23(19(30)2)21-12-14-32-27(37)34(28(38)33(32)17-21)22-9-7-6-8-10-22/h6-10,12,18-19,23-25,39H,11,13-17H2,1-5H3/t18-,19+,23-,24+,25-,29+,30+,31-/m1/s1. The second kappa shape index (κ2) is 9.39. The number of methoxy groups -OCH3 is 1. The van der Waals surface area contributed by atoms with Gasteiger partial charge in [0, 0.05) is 24.9 Å². The molecule has 1 N–H and O–H groups in total. The average Bonchev–Trinajstić information content (AvgIpc) is 3.34. The maximum Gasteiger partial charge on any atom is 0.352 e. The van der Waals surface area contributed by atoms with Crippen molar-refractivity contribution in [1.82, 2.24) is 13.9 Å². The second-order valence-electron chi connectivity index (χ2n) is 12.8. The van der Waals surface area contributed by atoms with Crippen molar-refractivity contribution in [2.45, 2.75) is 84.3 Å². The van der Waals surface area contributed by atoms with Crippen LogP contribution in [-0.2, 0) is 32.2 Å². The van der Waals surface area contributed by atoms with Gasteiger partial charge in [-0.2, -0.15) is 0 Å². The zero-order valence-electron chi connectivity index (χ0n) is 24.3. The highest BCUT2D eigenvalue weighted by atomic mass is 16.5. The summed E-state index contributed by atoms with van der Waals surface area (Å²) in [6.07, 6.45) is 2.70. The summed E-state index contributed by atoms with van der Waals surface area (Å²) >= 11 is 0. The Morgan fingerprint density at radius 1 is 1.07 bits per heavy atom. The van der Waals surface area contributed by atoms with Crippen LogP contribution in [0.5, 0.6) is 0 Å². The Kier molecular flexibility index (Phi) is 6.39. The van der Waals surface area contributed by atoms with Crippen molar-refractivity contribution >= 4 is 11.8 Å². The van der Waals surface area contributed by atoms with Crippen LogP contribution in [0.4, 0.5) is 0 Å². The summed E-state index contributed by atoms with van der Waals surface area (Å²) in [5, 5.41) is 12.8. The molecule has 4 aliphatic rings. The zero-order chi connectivity index (χ0) is 29.5. The van der Waals surface area contributed by atoms with Crippen molar-refractivity contribution in [1.29, 1.82) is 0 Å². The number of ether oxygens (including phenoxy) is 2. The van der Waals surface area contributed by atoms with Crippen molar-refractivity contribution in [2.24, 2.45) is 28.6 Å². The van der Waals surface area contributed by atoms with E-state index in [1.165, 1.54) is 28.0 Å². The van der Waals surface area contributed by atoms with Gasteiger partial charge in [0.05, 0.1) is 18.8 Å². The Bertz CT molecular complexity index is 1550. The Morgan fingerprint density at radius 2 is 1.76 bits per heavy atom. The number of carbonyl (C=O) groups excluding carboxylic acids is 2. The molecule has 1 aromatic carbocycles. The first-order chi connectivity index (χ1) is 19.4. The largest absolute Gasteiger partial charge is 0.462 e. The van der Waals surface area contributed by atoms with E-state index in [1.807, 2.05) is 26.0 Å². The first-order valence-electron chi connectivity index (χ1n) is 14.6. The van der Waals surface area contributed by atoms with E-state index in [0.29, 0.717) is 24.9 Å². The minimum absolute atomic E-state index is 0.0940. The van der Waals surface area contributed by atoms with Crippen LogP contribution in [0.25, 0.3) is 5.69 Å². The molecule has 1 aliphatic heterocycles. The number of aliphatic hydroxyl groups is 1. The van der Waals surface area contributed by atoms with Crippen LogP contribution in [-0.4, -0.2) is 55.7 Å². The Labute approximate surface area is 238 Å². The van der Waals surface area contributed by atoms with Crippen molar-refractivity contribution < 1.29 is 24.2 Å². The lowest BCUT2D eigenvalue weighted by molar-refractivity contribution is -0.234. The molecule has 2 bridgehead atoms. The molecule has 10 nitrogen and oxygen atoms in total. The highest BCUT2D eigenvalue weighted by Gasteiger charge is 2.78. The lowest BCUT2D eigenvalue weighted by atomic mass is 9.46. The monoisotopic (exact) mass is 565 g/mol. The first-order valence-corrected chi connectivity index (χ1v) is 14.6. The summed E-state index contributed by atoms with van der Waals surface area (Å²) < 4.78 is 15.8. The number of para-hydroxylation sites is 1. The number of esters is 1. The Balaban J connectivity index is 1.48. The van der Waals surface area contributed by atoms with Crippen LogP contribution in [0, 0.1) is 28.6 Å². The SMILES string of the molecule is CO[C@H]1C[C@@]23CC[C@@H](C)[C@@](C)([C@H](OC(C)=O)C[C@@H](C4=CCn5c(=O)n(-c6ccccc6)c(=O)n5C4)[C@@H]2C)[C@]3(O)C1=O. The smallest absolute Gasteiger partial charge is 0.352 e. The van der Waals surface area contributed by atoms with Gasteiger partial charge in [-0.3, -0.25) is 9.59 Å². The van der Waals surface area contributed by atoms with Crippen LogP contribution in [0.2, 0.25) is 0 Å². The third-order valence-corrected chi connectivity index (χ3v) is 11.4. The second-order valence-corrected chi connectivity index (χ2v) is 12.8. The lowest BCUT2D eigenvalue weighted by Gasteiger charge is -2.60. The van der Waals surface area contributed by atoms with Gasteiger partial charge in [-0.1, -0.05) is 45.0 Å². The van der Waals surface area contributed by atoms with Gasteiger partial charge in [0.15, 0.2) is 5.78 Å². The van der Waals surface area contributed by atoms with Crippen LogP contribution in [0.1, 0.15) is 53.4 Å². The Hall–Kier alpha value is -3.24. The van der Waals surface area contributed by atoms with E-state index in [9.17, 15) is 24.3 Å². The summed E-state index contributed by atoms with van der Waals surface area (Å²) in [5.74, 6) is -1.30. The summed E-state index contributed by atoms with van der Waals surface area (Å²) in [5.41, 5.74) is -2.97. The van der Waals surface area contributed by atoms with Crippen LogP contribution >= 0.6 is 0 Å². The van der Waals surface area contributed by atoms with E-state index < -0.39 is 46.0 Å². The molecule has 3 saturated carbocycles. The van der Waals surface area contributed by atoms with E-state index in [4.69, 9.17) is 9.47 Å². The van der Waals surface area contributed by atoms with E-state index >= 15 is 0 Å².